The molecule has 1 aliphatic heterocycles. The van der Waals surface area contributed by atoms with Crippen molar-refractivity contribution in [2.75, 3.05) is 11.5 Å². The lowest BCUT2D eigenvalue weighted by molar-refractivity contribution is -0.115. The maximum absolute atomic E-state index is 14.2. The van der Waals surface area contributed by atoms with Crippen molar-refractivity contribution in [3.05, 3.63) is 101 Å². The van der Waals surface area contributed by atoms with Crippen LogP contribution in [0.2, 0.25) is 0 Å². The first kappa shape index (κ1) is 26.7. The van der Waals surface area contributed by atoms with E-state index >= 15 is 0 Å². The van der Waals surface area contributed by atoms with E-state index in [1.807, 2.05) is 37.3 Å². The zero-order valence-electron chi connectivity index (χ0n) is 21.5. The molecule has 1 aliphatic rings. The molecule has 1 unspecified atom stereocenters. The normalized spacial score (nSPS) is 16.5. The fourth-order valence-corrected chi connectivity index (χ4v) is 7.56. The summed E-state index contributed by atoms with van der Waals surface area (Å²) in [5.41, 5.74) is 3.39. The second kappa shape index (κ2) is 10.1. The van der Waals surface area contributed by atoms with E-state index in [0.29, 0.717) is 37.4 Å². The molecule has 0 bridgehead atoms. The summed E-state index contributed by atoms with van der Waals surface area (Å²) in [5.74, 6) is 0.569. The molecule has 0 amide bonds. The van der Waals surface area contributed by atoms with E-state index in [-0.39, 0.29) is 17.1 Å². The molecular formula is C29H22Br2N4O4S. The number of nitrogens with one attached hydrogen (secondary N) is 1. The van der Waals surface area contributed by atoms with Crippen molar-refractivity contribution in [3.63, 3.8) is 0 Å². The van der Waals surface area contributed by atoms with E-state index < -0.39 is 6.04 Å². The molecule has 2 aromatic heterocycles. The number of aromatic amines is 1. The molecule has 11 heteroatoms. The lowest BCUT2D eigenvalue weighted by Crippen LogP contribution is -2.41. The van der Waals surface area contributed by atoms with Crippen LogP contribution in [0.25, 0.3) is 27.9 Å². The number of nitrogens with zero attached hydrogens (tertiary/aromatic N) is 3. The van der Waals surface area contributed by atoms with Crippen molar-refractivity contribution in [1.29, 1.82) is 0 Å². The number of aryl methyl sites for hydroxylation is 2. The van der Waals surface area contributed by atoms with Crippen molar-refractivity contribution in [1.82, 2.24) is 14.6 Å². The van der Waals surface area contributed by atoms with Crippen molar-refractivity contribution in [3.8, 4) is 11.5 Å². The summed E-state index contributed by atoms with van der Waals surface area (Å²) in [5, 5.41) is 11.6. The van der Waals surface area contributed by atoms with Crippen LogP contribution in [0.5, 0.6) is 11.5 Å². The van der Waals surface area contributed by atoms with Gasteiger partial charge in [0.15, 0.2) is 11.5 Å². The minimum absolute atomic E-state index is 0.0323. The first-order valence-electron chi connectivity index (χ1n) is 12.2. The number of methoxy groups -OCH3 is 1. The van der Waals surface area contributed by atoms with Crippen molar-refractivity contribution < 1.29 is 14.6 Å². The first-order valence-corrected chi connectivity index (χ1v) is 14.6. The summed E-state index contributed by atoms with van der Waals surface area (Å²) < 4.78 is 9.76. The Morgan fingerprint density at radius 1 is 1.07 bits per heavy atom. The number of phenolic OH excluding ortho intramolecular Hbond substituents is 1. The van der Waals surface area contributed by atoms with Gasteiger partial charge in [0, 0.05) is 43.1 Å². The predicted octanol–water partition coefficient (Wildman–Crippen LogP) is 6.69. The number of ether oxygens (including phenoxy) is 1. The van der Waals surface area contributed by atoms with E-state index in [2.05, 4.69) is 36.8 Å². The highest BCUT2D eigenvalue weighted by molar-refractivity contribution is 9.11. The van der Waals surface area contributed by atoms with Gasteiger partial charge in [0.2, 0.25) is 5.78 Å². The van der Waals surface area contributed by atoms with Crippen LogP contribution in [0.15, 0.2) is 73.2 Å². The number of aromatic hydroxyl groups is 1. The summed E-state index contributed by atoms with van der Waals surface area (Å²) in [6, 6.07) is 15.5. The summed E-state index contributed by atoms with van der Waals surface area (Å²) >= 11 is 8.16. The van der Waals surface area contributed by atoms with E-state index in [0.717, 1.165) is 26.6 Å². The second-order valence-electron chi connectivity index (χ2n) is 9.37. The summed E-state index contributed by atoms with van der Waals surface area (Å²) in [6.45, 7) is 3.68. The average Bonchev–Trinajstić information content (AvgIpc) is 3.40. The zero-order chi connectivity index (χ0) is 28.3. The number of aromatic nitrogens is 3. The highest BCUT2D eigenvalue weighted by atomic mass is 79.9. The number of phenols is 1. The molecule has 0 saturated carbocycles. The number of carbonyl (C=O) groups is 1. The number of benzene rings is 3. The number of fused-ring (bicyclic) bond motifs is 2. The van der Waals surface area contributed by atoms with Gasteiger partial charge in [-0.05, 0) is 71.7 Å². The number of halogens is 2. The van der Waals surface area contributed by atoms with Gasteiger partial charge in [-0.1, -0.05) is 40.2 Å². The molecule has 2 N–H and O–H groups in total. The SMILES string of the molecule is COc1ccc(/C=C2\SN(n3c(C)nc4c(Br)cc(Br)cc4c3=O)C(c3c(C)[nH]c4ccccc34)C2=O)cc1O. The number of hydrogen-bond acceptors (Lipinski definition) is 7. The minimum atomic E-state index is -0.814. The fourth-order valence-electron chi connectivity index (χ4n) is 5.07. The Bertz CT molecular complexity index is 1950. The molecule has 0 spiro atoms. The van der Waals surface area contributed by atoms with Crippen molar-refractivity contribution >= 4 is 77.5 Å². The maximum atomic E-state index is 14.2. The Labute approximate surface area is 250 Å². The zero-order valence-corrected chi connectivity index (χ0v) is 25.5. The molecule has 5 aromatic rings. The fraction of sp³-hybridized carbons (Fsp3) is 0.138. The molecule has 8 nitrogen and oxygen atoms in total. The topological polar surface area (TPSA) is 100 Å². The van der Waals surface area contributed by atoms with E-state index in [9.17, 15) is 14.7 Å². The number of ketones is 1. The molecule has 0 aliphatic carbocycles. The number of rotatable bonds is 4. The van der Waals surface area contributed by atoms with Crippen LogP contribution in [-0.4, -0.2) is 32.6 Å². The van der Waals surface area contributed by atoms with Gasteiger partial charge in [0.25, 0.3) is 5.56 Å². The lowest BCUT2D eigenvalue weighted by Gasteiger charge is -2.27. The Balaban J connectivity index is 1.58. The number of H-pyrrole nitrogens is 1. The molecule has 1 saturated heterocycles. The Kier molecular flexibility index (Phi) is 6.76. The Morgan fingerprint density at radius 2 is 1.85 bits per heavy atom. The summed E-state index contributed by atoms with van der Waals surface area (Å²) in [4.78, 5) is 36.8. The van der Waals surface area contributed by atoms with Gasteiger partial charge in [-0.3, -0.25) is 9.59 Å². The van der Waals surface area contributed by atoms with Crippen LogP contribution in [-0.2, 0) is 4.79 Å². The molecule has 0 radical (unpaired) electrons. The van der Waals surface area contributed by atoms with E-state index in [1.165, 1.54) is 23.7 Å². The minimum Gasteiger partial charge on any atom is -0.504 e. The monoisotopic (exact) mass is 680 g/mol. The van der Waals surface area contributed by atoms with E-state index in [1.54, 1.807) is 41.7 Å². The highest BCUT2D eigenvalue weighted by Gasteiger charge is 2.43. The summed E-state index contributed by atoms with van der Waals surface area (Å²) in [7, 11) is 1.48. The highest BCUT2D eigenvalue weighted by Crippen LogP contribution is 2.45. The van der Waals surface area contributed by atoms with Gasteiger partial charge >= 0.3 is 0 Å². The maximum Gasteiger partial charge on any atom is 0.281 e. The van der Waals surface area contributed by atoms with Crippen LogP contribution < -0.4 is 14.7 Å². The van der Waals surface area contributed by atoms with Crippen LogP contribution in [0.3, 0.4) is 0 Å². The largest absolute Gasteiger partial charge is 0.504 e. The van der Waals surface area contributed by atoms with Crippen LogP contribution in [0.4, 0.5) is 0 Å². The standard InChI is InChI=1S/C29H22Br2N4O4S/c1-14-25(18-6-4-5-7-21(18)32-14)27-28(37)24(11-16-8-9-23(39-3)22(36)10-16)40-35(27)34-15(2)33-26-19(29(34)38)12-17(30)13-20(26)31/h4-13,27,32,36H,1-3H3/b24-11-. The van der Waals surface area contributed by atoms with Crippen LogP contribution >= 0.6 is 43.8 Å². The van der Waals surface area contributed by atoms with E-state index in [4.69, 9.17) is 9.72 Å². The summed E-state index contributed by atoms with van der Waals surface area (Å²) in [6.07, 6.45) is 1.71. The average molecular weight is 682 g/mol. The molecule has 3 heterocycles. The van der Waals surface area contributed by atoms with Gasteiger partial charge in [-0.2, -0.15) is 4.68 Å². The quantitative estimate of drug-likeness (QED) is 0.161. The molecule has 6 rings (SSSR count). The van der Waals surface area contributed by atoms with Gasteiger partial charge in [0.1, 0.15) is 11.9 Å². The molecule has 3 aromatic carbocycles. The molecular weight excluding hydrogens is 660 g/mol. The lowest BCUT2D eigenvalue weighted by atomic mass is 9.99. The van der Waals surface area contributed by atoms with Crippen molar-refractivity contribution in [2.45, 2.75) is 19.9 Å². The third-order valence-corrected chi connectivity index (χ3v) is 8.99. The van der Waals surface area contributed by atoms with Crippen molar-refractivity contribution in [2.24, 2.45) is 0 Å². The van der Waals surface area contributed by atoms with Gasteiger partial charge < -0.3 is 14.8 Å². The Morgan fingerprint density at radius 3 is 2.60 bits per heavy atom. The van der Waals surface area contributed by atoms with Crippen LogP contribution in [0.1, 0.15) is 28.7 Å². The number of Topliss-reactive ketones (excluding diaryl/α,β-unsaturated/α-hetero) is 1. The Hall–Kier alpha value is -3.54. The molecule has 1 atom stereocenters. The smallest absolute Gasteiger partial charge is 0.281 e. The van der Waals surface area contributed by atoms with Crippen LogP contribution in [0, 0.1) is 13.8 Å². The third kappa shape index (κ3) is 4.32. The number of carbonyl (C=O) groups excluding carboxylic acids is 1. The number of hydrogen-bond donors (Lipinski definition) is 2. The molecule has 1 fully saturated rings. The molecule has 202 valence electrons. The second-order valence-corrected chi connectivity index (χ2v) is 12.1. The number of para-hydroxylation sites is 1. The molecule has 40 heavy (non-hydrogen) atoms. The van der Waals surface area contributed by atoms with Gasteiger partial charge in [-0.25, -0.2) is 9.40 Å². The predicted molar refractivity (Wildman–Crippen MR) is 165 cm³/mol. The first-order chi connectivity index (χ1) is 19.2. The third-order valence-electron chi connectivity index (χ3n) is 6.85. The van der Waals surface area contributed by atoms with Gasteiger partial charge in [-0.15, -0.1) is 0 Å². The van der Waals surface area contributed by atoms with Gasteiger partial charge in [0.05, 0.1) is 22.9 Å².